The maximum absolute atomic E-state index is 11.8. The van der Waals surface area contributed by atoms with Gasteiger partial charge in [0.15, 0.2) is 0 Å². The Morgan fingerprint density at radius 2 is 2.25 bits per heavy atom. The van der Waals surface area contributed by atoms with Crippen LogP contribution in [-0.4, -0.2) is 22.6 Å². The Morgan fingerprint density at radius 3 is 2.94 bits per heavy atom. The zero-order chi connectivity index (χ0) is 12.0. The molecule has 1 rings (SSSR count). The average Bonchev–Trinajstić information content (AvgIpc) is 2.28. The molecule has 0 spiro atoms. The first-order valence-corrected chi connectivity index (χ1v) is 6.38. The van der Waals surface area contributed by atoms with Gasteiger partial charge in [0.2, 0.25) is 0 Å². The van der Waals surface area contributed by atoms with E-state index in [-0.39, 0.29) is 5.56 Å². The summed E-state index contributed by atoms with van der Waals surface area (Å²) in [5, 5.41) is 3.26. The fourth-order valence-electron chi connectivity index (χ4n) is 1.51. The molecule has 5 heteroatoms. The van der Waals surface area contributed by atoms with Gasteiger partial charge in [-0.1, -0.05) is 6.92 Å². The second kappa shape index (κ2) is 6.81. The minimum absolute atomic E-state index is 0.0101. The highest BCUT2D eigenvalue weighted by molar-refractivity contribution is 9.10. The monoisotopic (exact) mass is 287 g/mol. The quantitative estimate of drug-likeness (QED) is 0.811. The summed E-state index contributed by atoms with van der Waals surface area (Å²) in [6, 6.07) is 0. The molecule has 1 aromatic heterocycles. The van der Waals surface area contributed by atoms with Gasteiger partial charge in [0.05, 0.1) is 0 Å². The van der Waals surface area contributed by atoms with Gasteiger partial charge >= 0.3 is 0 Å². The number of rotatable bonds is 6. The Labute approximate surface area is 104 Å². The Morgan fingerprint density at radius 1 is 1.50 bits per heavy atom. The molecule has 0 fully saturated rings. The van der Waals surface area contributed by atoms with Gasteiger partial charge in [-0.25, -0.2) is 4.98 Å². The molecular formula is C11H18BrN3O. The lowest BCUT2D eigenvalue weighted by molar-refractivity contribution is 0.548. The molecule has 0 aliphatic heterocycles. The lowest BCUT2D eigenvalue weighted by Gasteiger charge is -2.09. The number of hydrogen-bond donors (Lipinski definition) is 1. The van der Waals surface area contributed by atoms with Gasteiger partial charge in [-0.05, 0) is 48.8 Å². The third-order valence-electron chi connectivity index (χ3n) is 2.44. The number of aryl methyl sites for hydroxylation is 1. The summed E-state index contributed by atoms with van der Waals surface area (Å²) in [7, 11) is 0. The largest absolute Gasteiger partial charge is 0.317 e. The van der Waals surface area contributed by atoms with Crippen LogP contribution in [0.1, 0.15) is 25.6 Å². The second-order valence-corrected chi connectivity index (χ2v) is 4.53. The lowest BCUT2D eigenvalue weighted by atomic mass is 10.3. The first-order chi connectivity index (χ1) is 7.66. The smallest absolute Gasteiger partial charge is 0.267 e. The van der Waals surface area contributed by atoms with Crippen molar-refractivity contribution >= 4 is 15.9 Å². The highest BCUT2D eigenvalue weighted by Gasteiger charge is 2.04. The van der Waals surface area contributed by atoms with Crippen LogP contribution in [0.15, 0.2) is 15.5 Å². The highest BCUT2D eigenvalue weighted by atomic mass is 79.9. The van der Waals surface area contributed by atoms with Crippen molar-refractivity contribution in [3.8, 4) is 0 Å². The van der Waals surface area contributed by atoms with Crippen LogP contribution < -0.4 is 10.9 Å². The number of halogens is 1. The van der Waals surface area contributed by atoms with E-state index in [1.807, 2.05) is 6.92 Å². The maximum atomic E-state index is 11.8. The minimum atomic E-state index is 0.0101. The molecule has 1 N–H and O–H groups in total. The zero-order valence-corrected chi connectivity index (χ0v) is 11.4. The highest BCUT2D eigenvalue weighted by Crippen LogP contribution is 2.02. The molecule has 1 heterocycles. The predicted octanol–water partition coefficient (Wildman–Crippen LogP) is 1.70. The Balaban J connectivity index is 2.54. The Hall–Kier alpha value is -0.680. The number of aromatic nitrogens is 2. The second-order valence-electron chi connectivity index (χ2n) is 3.67. The summed E-state index contributed by atoms with van der Waals surface area (Å²) in [6.45, 7) is 6.69. The Bertz CT molecular complexity index is 389. The lowest BCUT2D eigenvalue weighted by Crippen LogP contribution is -2.24. The van der Waals surface area contributed by atoms with Gasteiger partial charge in [-0.3, -0.25) is 9.36 Å². The van der Waals surface area contributed by atoms with Crippen molar-refractivity contribution in [3.63, 3.8) is 0 Å². The van der Waals surface area contributed by atoms with Crippen LogP contribution in [0.25, 0.3) is 0 Å². The van der Waals surface area contributed by atoms with Gasteiger partial charge in [0.25, 0.3) is 5.56 Å². The van der Waals surface area contributed by atoms with E-state index in [9.17, 15) is 4.79 Å². The van der Waals surface area contributed by atoms with E-state index in [0.29, 0.717) is 4.47 Å². The third kappa shape index (κ3) is 3.72. The number of nitrogens with one attached hydrogen (secondary N) is 1. The summed E-state index contributed by atoms with van der Waals surface area (Å²) < 4.78 is 2.25. The fraction of sp³-hybridized carbons (Fsp3) is 0.636. The summed E-state index contributed by atoms with van der Waals surface area (Å²) in [5.74, 6) is 0.775. The number of unbranched alkanes of at least 4 members (excludes halogenated alkanes) is 1. The number of nitrogens with zero attached hydrogens (tertiary/aromatic N) is 2. The van der Waals surface area contributed by atoms with E-state index < -0.39 is 0 Å². The number of hydrogen-bond acceptors (Lipinski definition) is 3. The molecular weight excluding hydrogens is 270 g/mol. The predicted molar refractivity (Wildman–Crippen MR) is 68.7 cm³/mol. The van der Waals surface area contributed by atoms with Crippen molar-refractivity contribution < 1.29 is 0 Å². The van der Waals surface area contributed by atoms with Gasteiger partial charge in [-0.2, -0.15) is 0 Å². The molecule has 0 saturated carbocycles. The Kier molecular flexibility index (Phi) is 5.69. The molecule has 4 nitrogen and oxygen atoms in total. The van der Waals surface area contributed by atoms with E-state index >= 15 is 0 Å². The van der Waals surface area contributed by atoms with E-state index in [2.05, 4.69) is 33.2 Å². The molecule has 0 saturated heterocycles. The summed E-state index contributed by atoms with van der Waals surface area (Å²) in [6.07, 6.45) is 3.63. The molecule has 90 valence electrons. The zero-order valence-electron chi connectivity index (χ0n) is 9.79. The van der Waals surface area contributed by atoms with Crippen LogP contribution in [-0.2, 0) is 6.54 Å². The van der Waals surface area contributed by atoms with Crippen molar-refractivity contribution in [2.75, 3.05) is 13.1 Å². The first-order valence-electron chi connectivity index (χ1n) is 5.59. The van der Waals surface area contributed by atoms with Crippen LogP contribution in [0.2, 0.25) is 0 Å². The van der Waals surface area contributed by atoms with Gasteiger partial charge in [0, 0.05) is 12.7 Å². The molecule has 0 radical (unpaired) electrons. The first kappa shape index (κ1) is 13.4. The summed E-state index contributed by atoms with van der Waals surface area (Å²) in [4.78, 5) is 15.9. The minimum Gasteiger partial charge on any atom is -0.317 e. The van der Waals surface area contributed by atoms with E-state index in [4.69, 9.17) is 0 Å². The molecule has 0 bridgehead atoms. The van der Waals surface area contributed by atoms with E-state index in [1.165, 1.54) is 0 Å². The molecule has 0 aliphatic carbocycles. The molecule has 0 unspecified atom stereocenters. The van der Waals surface area contributed by atoms with Gasteiger partial charge in [0.1, 0.15) is 10.3 Å². The van der Waals surface area contributed by atoms with Crippen LogP contribution in [0.4, 0.5) is 0 Å². The third-order valence-corrected chi connectivity index (χ3v) is 2.98. The molecule has 16 heavy (non-hydrogen) atoms. The SMILES string of the molecule is CCNCCCCn1c(C)ncc(Br)c1=O. The van der Waals surface area contributed by atoms with E-state index in [0.717, 1.165) is 38.3 Å². The van der Waals surface area contributed by atoms with Crippen molar-refractivity contribution in [3.05, 3.63) is 26.8 Å². The summed E-state index contributed by atoms with van der Waals surface area (Å²) >= 11 is 3.21. The molecule has 0 atom stereocenters. The molecule has 1 aromatic rings. The van der Waals surface area contributed by atoms with E-state index in [1.54, 1.807) is 10.8 Å². The topological polar surface area (TPSA) is 46.9 Å². The van der Waals surface area contributed by atoms with Crippen molar-refractivity contribution in [2.45, 2.75) is 33.2 Å². The van der Waals surface area contributed by atoms with Crippen molar-refractivity contribution in [1.82, 2.24) is 14.9 Å². The van der Waals surface area contributed by atoms with Crippen LogP contribution in [0.5, 0.6) is 0 Å². The van der Waals surface area contributed by atoms with Crippen LogP contribution >= 0.6 is 15.9 Å². The summed E-state index contributed by atoms with van der Waals surface area (Å²) in [5.41, 5.74) is 0.0101. The maximum Gasteiger partial charge on any atom is 0.267 e. The normalized spacial score (nSPS) is 10.7. The standard InChI is InChI=1S/C11H18BrN3O/c1-3-13-6-4-5-7-15-9(2)14-8-10(12)11(15)16/h8,13H,3-7H2,1-2H3. The molecule has 0 amide bonds. The van der Waals surface area contributed by atoms with Crippen molar-refractivity contribution in [1.29, 1.82) is 0 Å². The van der Waals surface area contributed by atoms with Crippen LogP contribution in [0.3, 0.4) is 0 Å². The molecule has 0 aromatic carbocycles. The van der Waals surface area contributed by atoms with Gasteiger partial charge < -0.3 is 5.32 Å². The van der Waals surface area contributed by atoms with Crippen LogP contribution in [0, 0.1) is 6.92 Å². The van der Waals surface area contributed by atoms with Crippen molar-refractivity contribution in [2.24, 2.45) is 0 Å². The van der Waals surface area contributed by atoms with Gasteiger partial charge in [-0.15, -0.1) is 0 Å². The molecule has 0 aliphatic rings. The average molecular weight is 288 g/mol. The fourth-order valence-corrected chi connectivity index (χ4v) is 1.83.